The number of carbonyl (C=O) groups is 2. The Bertz CT molecular complexity index is 702. The van der Waals surface area contributed by atoms with E-state index in [9.17, 15) is 14.0 Å². The standard InChI is InChI=1S/C14H14ClFN2O2S/c1-3-7(2)13(19)17-18-14(20)12-11(15)9-5-4-8(16)6-10(9)21-12/h4-7H,3H2,1-2H3,(H,17,19)(H,18,20). The van der Waals surface area contributed by atoms with Crippen LogP contribution in [0.5, 0.6) is 0 Å². The number of carbonyl (C=O) groups excluding carboxylic acids is 2. The van der Waals surface area contributed by atoms with Crippen molar-refractivity contribution in [2.24, 2.45) is 5.92 Å². The van der Waals surface area contributed by atoms with Crippen LogP contribution in [0.15, 0.2) is 18.2 Å². The van der Waals surface area contributed by atoms with Gasteiger partial charge in [-0.2, -0.15) is 0 Å². The van der Waals surface area contributed by atoms with Gasteiger partial charge in [-0.3, -0.25) is 20.4 Å². The molecule has 1 atom stereocenters. The monoisotopic (exact) mass is 328 g/mol. The van der Waals surface area contributed by atoms with E-state index in [4.69, 9.17) is 11.6 Å². The lowest BCUT2D eigenvalue weighted by Gasteiger charge is -2.10. The molecule has 0 saturated carbocycles. The number of hydrazine groups is 1. The van der Waals surface area contributed by atoms with Gasteiger partial charge in [-0.15, -0.1) is 11.3 Å². The summed E-state index contributed by atoms with van der Waals surface area (Å²) >= 11 is 7.20. The molecule has 2 rings (SSSR count). The molecule has 0 saturated heterocycles. The van der Waals surface area contributed by atoms with E-state index in [1.165, 1.54) is 18.2 Å². The third-order valence-corrected chi connectivity index (χ3v) is 4.81. The molecule has 1 heterocycles. The summed E-state index contributed by atoms with van der Waals surface area (Å²) in [6.07, 6.45) is 0.671. The smallest absolute Gasteiger partial charge is 0.273 e. The zero-order valence-electron chi connectivity index (χ0n) is 11.5. The van der Waals surface area contributed by atoms with Crippen LogP contribution < -0.4 is 10.9 Å². The van der Waals surface area contributed by atoms with Gasteiger partial charge in [0.25, 0.3) is 5.91 Å². The van der Waals surface area contributed by atoms with E-state index in [2.05, 4.69) is 10.9 Å². The molecule has 1 aromatic carbocycles. The van der Waals surface area contributed by atoms with Gasteiger partial charge in [0.15, 0.2) is 0 Å². The first-order valence-corrected chi connectivity index (χ1v) is 7.61. The van der Waals surface area contributed by atoms with E-state index >= 15 is 0 Å². The minimum atomic E-state index is -0.515. The first-order chi connectivity index (χ1) is 9.93. The van der Waals surface area contributed by atoms with E-state index in [1.54, 1.807) is 6.92 Å². The van der Waals surface area contributed by atoms with Crippen LogP contribution in [-0.4, -0.2) is 11.8 Å². The summed E-state index contributed by atoms with van der Waals surface area (Å²) in [5.74, 6) is -1.37. The molecule has 2 N–H and O–H groups in total. The van der Waals surface area contributed by atoms with Gasteiger partial charge in [0.05, 0.1) is 5.02 Å². The highest BCUT2D eigenvalue weighted by Crippen LogP contribution is 2.35. The minimum absolute atomic E-state index is 0.197. The zero-order chi connectivity index (χ0) is 15.6. The van der Waals surface area contributed by atoms with Crippen molar-refractivity contribution in [1.82, 2.24) is 10.9 Å². The number of benzene rings is 1. The predicted molar refractivity (Wildman–Crippen MR) is 81.9 cm³/mol. The molecule has 0 bridgehead atoms. The molecule has 0 aliphatic carbocycles. The number of halogens is 2. The summed E-state index contributed by atoms with van der Waals surface area (Å²) in [7, 11) is 0. The highest BCUT2D eigenvalue weighted by Gasteiger charge is 2.18. The third kappa shape index (κ3) is 3.33. The molecule has 1 unspecified atom stereocenters. The van der Waals surface area contributed by atoms with Gasteiger partial charge in [-0.1, -0.05) is 25.4 Å². The number of amides is 2. The van der Waals surface area contributed by atoms with Crippen LogP contribution in [0.1, 0.15) is 29.9 Å². The van der Waals surface area contributed by atoms with Crippen LogP contribution in [-0.2, 0) is 4.79 Å². The quantitative estimate of drug-likeness (QED) is 0.847. The number of thiophene rings is 1. The summed E-state index contributed by atoms with van der Waals surface area (Å²) in [5, 5.41) is 0.867. The molecule has 112 valence electrons. The van der Waals surface area contributed by atoms with Gasteiger partial charge in [-0.25, -0.2) is 4.39 Å². The Labute approximate surface area is 130 Å². The summed E-state index contributed by atoms with van der Waals surface area (Å²) < 4.78 is 13.7. The normalized spacial score (nSPS) is 12.2. The Hall–Kier alpha value is -1.66. The van der Waals surface area contributed by atoms with Crippen molar-refractivity contribution in [3.63, 3.8) is 0 Å². The SMILES string of the molecule is CCC(C)C(=O)NNC(=O)c1sc2cc(F)ccc2c1Cl. The van der Waals surface area contributed by atoms with Crippen LogP contribution in [0.25, 0.3) is 10.1 Å². The average molecular weight is 329 g/mol. The number of hydrogen-bond donors (Lipinski definition) is 2. The Morgan fingerprint density at radius 1 is 1.38 bits per heavy atom. The number of nitrogens with one attached hydrogen (secondary N) is 2. The van der Waals surface area contributed by atoms with Gasteiger partial charge >= 0.3 is 0 Å². The summed E-state index contributed by atoms with van der Waals surface area (Å²) in [6.45, 7) is 3.64. The number of fused-ring (bicyclic) bond motifs is 1. The molecule has 0 aliphatic rings. The molecule has 2 amide bonds. The van der Waals surface area contributed by atoms with Crippen LogP contribution in [0.2, 0.25) is 5.02 Å². The molecule has 7 heteroatoms. The lowest BCUT2D eigenvalue weighted by molar-refractivity contribution is -0.125. The Kier molecular flexibility index (Phi) is 4.80. The van der Waals surface area contributed by atoms with Crippen molar-refractivity contribution < 1.29 is 14.0 Å². The average Bonchev–Trinajstić information content (AvgIpc) is 2.79. The van der Waals surface area contributed by atoms with Crippen LogP contribution in [0, 0.1) is 11.7 Å². The Morgan fingerprint density at radius 3 is 2.76 bits per heavy atom. The van der Waals surface area contributed by atoms with Gasteiger partial charge in [-0.05, 0) is 24.6 Å². The van der Waals surface area contributed by atoms with Gasteiger partial charge < -0.3 is 0 Å². The van der Waals surface area contributed by atoms with Gasteiger partial charge in [0.1, 0.15) is 10.7 Å². The summed E-state index contributed by atoms with van der Waals surface area (Å²) in [5.41, 5.74) is 4.67. The molecular formula is C14H14ClFN2O2S. The summed E-state index contributed by atoms with van der Waals surface area (Å²) in [4.78, 5) is 23.9. The molecule has 0 spiro atoms. The Morgan fingerprint density at radius 2 is 2.10 bits per heavy atom. The molecule has 1 aromatic heterocycles. The first-order valence-electron chi connectivity index (χ1n) is 6.41. The lowest BCUT2D eigenvalue weighted by atomic mass is 10.1. The molecule has 2 aromatic rings. The molecular weight excluding hydrogens is 315 g/mol. The third-order valence-electron chi connectivity index (χ3n) is 3.16. The molecule has 21 heavy (non-hydrogen) atoms. The maximum atomic E-state index is 13.2. The van der Waals surface area contributed by atoms with Crippen molar-refractivity contribution in [3.05, 3.63) is 33.9 Å². The number of rotatable bonds is 3. The lowest BCUT2D eigenvalue weighted by Crippen LogP contribution is -2.43. The van der Waals surface area contributed by atoms with E-state index in [1.807, 2.05) is 6.92 Å². The maximum absolute atomic E-state index is 13.2. The molecule has 0 radical (unpaired) electrons. The minimum Gasteiger partial charge on any atom is -0.273 e. The van der Waals surface area contributed by atoms with Crippen molar-refractivity contribution in [2.75, 3.05) is 0 Å². The highest BCUT2D eigenvalue weighted by molar-refractivity contribution is 7.21. The van der Waals surface area contributed by atoms with Crippen molar-refractivity contribution in [3.8, 4) is 0 Å². The zero-order valence-corrected chi connectivity index (χ0v) is 13.1. The fourth-order valence-corrected chi connectivity index (χ4v) is 3.11. The first kappa shape index (κ1) is 15.7. The Balaban J connectivity index is 2.16. The van der Waals surface area contributed by atoms with Crippen molar-refractivity contribution >= 4 is 44.8 Å². The van der Waals surface area contributed by atoms with Crippen LogP contribution >= 0.6 is 22.9 Å². The second-order valence-corrected chi connectivity index (χ2v) is 6.07. The van der Waals surface area contributed by atoms with E-state index in [-0.39, 0.29) is 21.7 Å². The number of hydrogen-bond acceptors (Lipinski definition) is 3. The van der Waals surface area contributed by atoms with E-state index in [0.29, 0.717) is 16.5 Å². The fourth-order valence-electron chi connectivity index (χ4n) is 1.67. The molecule has 4 nitrogen and oxygen atoms in total. The second-order valence-electron chi connectivity index (χ2n) is 4.64. The van der Waals surface area contributed by atoms with Crippen LogP contribution in [0.3, 0.4) is 0 Å². The maximum Gasteiger partial charge on any atom is 0.281 e. The van der Waals surface area contributed by atoms with Crippen molar-refractivity contribution in [2.45, 2.75) is 20.3 Å². The van der Waals surface area contributed by atoms with E-state index in [0.717, 1.165) is 11.3 Å². The van der Waals surface area contributed by atoms with Crippen LogP contribution in [0.4, 0.5) is 4.39 Å². The topological polar surface area (TPSA) is 58.2 Å². The molecule has 0 fully saturated rings. The van der Waals surface area contributed by atoms with E-state index < -0.39 is 11.7 Å². The van der Waals surface area contributed by atoms with Crippen molar-refractivity contribution in [1.29, 1.82) is 0 Å². The molecule has 0 aliphatic heterocycles. The predicted octanol–water partition coefficient (Wildman–Crippen LogP) is 3.50. The van der Waals surface area contributed by atoms with Gasteiger partial charge in [0, 0.05) is 16.0 Å². The van der Waals surface area contributed by atoms with Gasteiger partial charge in [0.2, 0.25) is 5.91 Å². The summed E-state index contributed by atoms with van der Waals surface area (Å²) in [6, 6.07) is 4.13. The largest absolute Gasteiger partial charge is 0.281 e. The highest BCUT2D eigenvalue weighted by atomic mass is 35.5. The fraction of sp³-hybridized carbons (Fsp3) is 0.286. The second kappa shape index (κ2) is 6.41.